The standard InChI is InChI=1S/C9H15N5O2/c1-8(2,3)12-6-9(7-12,14(15)16)13-5-4-10-11-13/h4-5H,6-7H2,1-3H3. The zero-order valence-corrected chi connectivity index (χ0v) is 9.62. The SMILES string of the molecule is CC(C)(C)N1CC(n2ccnn2)([N+](=O)[O-])C1. The minimum atomic E-state index is -1.14. The Morgan fingerprint density at radius 3 is 2.44 bits per heavy atom. The maximum Gasteiger partial charge on any atom is 0.340 e. The van der Waals surface area contributed by atoms with Crippen molar-refractivity contribution in [1.82, 2.24) is 19.9 Å². The molecule has 2 rings (SSSR count). The van der Waals surface area contributed by atoms with Crippen LogP contribution in [0.5, 0.6) is 0 Å². The molecule has 1 aromatic heterocycles. The molecule has 88 valence electrons. The number of nitrogens with zero attached hydrogens (tertiary/aromatic N) is 5. The van der Waals surface area contributed by atoms with Gasteiger partial charge < -0.3 is 0 Å². The molecule has 1 fully saturated rings. The molecule has 16 heavy (non-hydrogen) atoms. The van der Waals surface area contributed by atoms with Crippen LogP contribution in [0.2, 0.25) is 0 Å². The fourth-order valence-electron chi connectivity index (χ4n) is 1.81. The van der Waals surface area contributed by atoms with Gasteiger partial charge in [-0.2, -0.15) is 4.68 Å². The normalized spacial score (nSPS) is 20.4. The first kappa shape index (κ1) is 11.0. The summed E-state index contributed by atoms with van der Waals surface area (Å²) in [5.74, 6) is 0. The molecule has 0 N–H and O–H groups in total. The van der Waals surface area contributed by atoms with Gasteiger partial charge in [-0.25, -0.2) is 0 Å². The van der Waals surface area contributed by atoms with Crippen LogP contribution in [0.25, 0.3) is 0 Å². The molecule has 0 aromatic carbocycles. The third-order valence-corrected chi connectivity index (χ3v) is 3.03. The predicted octanol–water partition coefficient (Wildman–Crippen LogP) is 0.322. The van der Waals surface area contributed by atoms with Crippen LogP contribution in [0.3, 0.4) is 0 Å². The smallest absolute Gasteiger partial charge is 0.281 e. The fourth-order valence-corrected chi connectivity index (χ4v) is 1.81. The molecule has 0 aliphatic carbocycles. The van der Waals surface area contributed by atoms with Crippen molar-refractivity contribution in [3.63, 3.8) is 0 Å². The van der Waals surface area contributed by atoms with Crippen LogP contribution in [0, 0.1) is 10.1 Å². The number of hydrogen-bond donors (Lipinski definition) is 0. The van der Waals surface area contributed by atoms with Crippen LogP contribution in [0.4, 0.5) is 0 Å². The van der Waals surface area contributed by atoms with Crippen molar-refractivity contribution in [2.75, 3.05) is 13.1 Å². The van der Waals surface area contributed by atoms with Gasteiger partial charge in [-0.15, -0.1) is 5.10 Å². The molecular weight excluding hydrogens is 210 g/mol. The number of aromatic nitrogens is 3. The minimum absolute atomic E-state index is 0.0555. The molecule has 7 nitrogen and oxygen atoms in total. The molecular formula is C9H15N5O2. The van der Waals surface area contributed by atoms with E-state index in [2.05, 4.69) is 15.2 Å². The summed E-state index contributed by atoms with van der Waals surface area (Å²) in [4.78, 5) is 12.9. The summed E-state index contributed by atoms with van der Waals surface area (Å²) in [6.45, 7) is 6.86. The first-order valence-electron chi connectivity index (χ1n) is 5.13. The molecule has 1 saturated heterocycles. The van der Waals surface area contributed by atoms with E-state index in [0.717, 1.165) is 0 Å². The second-order valence-corrected chi connectivity index (χ2v) is 5.11. The Morgan fingerprint density at radius 2 is 2.06 bits per heavy atom. The molecule has 1 aliphatic rings. The zero-order chi connectivity index (χ0) is 12.0. The number of nitro groups is 1. The van der Waals surface area contributed by atoms with Gasteiger partial charge in [-0.1, -0.05) is 5.21 Å². The Kier molecular flexibility index (Phi) is 2.23. The molecule has 0 atom stereocenters. The maximum atomic E-state index is 11.2. The lowest BCUT2D eigenvalue weighted by Gasteiger charge is -2.48. The largest absolute Gasteiger partial charge is 0.340 e. The van der Waals surface area contributed by atoms with Crippen LogP contribution < -0.4 is 0 Å². The highest BCUT2D eigenvalue weighted by Gasteiger charge is 2.59. The first-order valence-corrected chi connectivity index (χ1v) is 5.13. The highest BCUT2D eigenvalue weighted by atomic mass is 16.6. The van der Waals surface area contributed by atoms with E-state index in [4.69, 9.17) is 0 Å². The van der Waals surface area contributed by atoms with Crippen molar-refractivity contribution in [3.8, 4) is 0 Å². The number of hydrogen-bond acceptors (Lipinski definition) is 5. The van der Waals surface area contributed by atoms with E-state index in [-0.39, 0.29) is 10.5 Å². The monoisotopic (exact) mass is 225 g/mol. The van der Waals surface area contributed by atoms with Gasteiger partial charge in [0.1, 0.15) is 0 Å². The molecule has 0 radical (unpaired) electrons. The first-order chi connectivity index (χ1) is 7.36. The van der Waals surface area contributed by atoms with Crippen molar-refractivity contribution in [2.24, 2.45) is 0 Å². The number of rotatable bonds is 2. The van der Waals surface area contributed by atoms with Gasteiger partial charge >= 0.3 is 5.66 Å². The molecule has 0 bridgehead atoms. The summed E-state index contributed by atoms with van der Waals surface area (Å²) in [5, 5.41) is 18.5. The van der Waals surface area contributed by atoms with Gasteiger partial charge in [-0.3, -0.25) is 15.0 Å². The highest BCUT2D eigenvalue weighted by Crippen LogP contribution is 2.34. The second-order valence-electron chi connectivity index (χ2n) is 5.11. The van der Waals surface area contributed by atoms with Gasteiger partial charge in [0.25, 0.3) is 0 Å². The van der Waals surface area contributed by atoms with Gasteiger partial charge in [0, 0.05) is 5.54 Å². The number of likely N-dealkylation sites (tertiary alicyclic amines) is 1. The topological polar surface area (TPSA) is 77.1 Å². The summed E-state index contributed by atoms with van der Waals surface area (Å²) in [5.41, 5.74) is -1.19. The van der Waals surface area contributed by atoms with Gasteiger partial charge in [0.2, 0.25) is 0 Å². The lowest BCUT2D eigenvalue weighted by molar-refractivity contribution is -0.626. The van der Waals surface area contributed by atoms with Gasteiger partial charge in [0.05, 0.1) is 30.4 Å². The van der Waals surface area contributed by atoms with E-state index < -0.39 is 5.66 Å². The van der Waals surface area contributed by atoms with Crippen molar-refractivity contribution in [1.29, 1.82) is 0 Å². The average Bonchev–Trinajstić information content (AvgIpc) is 2.51. The quantitative estimate of drug-likeness (QED) is 0.535. The fraction of sp³-hybridized carbons (Fsp3) is 0.778. The van der Waals surface area contributed by atoms with E-state index in [1.165, 1.54) is 10.9 Å². The van der Waals surface area contributed by atoms with E-state index >= 15 is 0 Å². The summed E-state index contributed by atoms with van der Waals surface area (Å²) >= 11 is 0. The molecule has 0 amide bonds. The minimum Gasteiger partial charge on any atom is -0.281 e. The van der Waals surface area contributed by atoms with Crippen LogP contribution in [0.15, 0.2) is 12.4 Å². The van der Waals surface area contributed by atoms with E-state index in [0.29, 0.717) is 13.1 Å². The summed E-state index contributed by atoms with van der Waals surface area (Å²) in [6, 6.07) is 0. The summed E-state index contributed by atoms with van der Waals surface area (Å²) in [7, 11) is 0. The third kappa shape index (κ3) is 1.47. The van der Waals surface area contributed by atoms with Crippen molar-refractivity contribution in [2.45, 2.75) is 32.0 Å². The lowest BCUT2D eigenvalue weighted by atomic mass is 9.93. The Hall–Kier alpha value is -1.50. The lowest BCUT2D eigenvalue weighted by Crippen LogP contribution is -2.70. The molecule has 1 aromatic rings. The average molecular weight is 225 g/mol. The van der Waals surface area contributed by atoms with Crippen molar-refractivity contribution >= 4 is 0 Å². The van der Waals surface area contributed by atoms with Gasteiger partial charge in [0.15, 0.2) is 0 Å². The molecule has 0 unspecified atom stereocenters. The Labute approximate surface area is 93.2 Å². The van der Waals surface area contributed by atoms with Crippen LogP contribution in [-0.2, 0) is 5.66 Å². The maximum absolute atomic E-state index is 11.2. The summed E-state index contributed by atoms with van der Waals surface area (Å²) in [6.07, 6.45) is 3.01. The predicted molar refractivity (Wildman–Crippen MR) is 56.3 cm³/mol. The van der Waals surface area contributed by atoms with E-state index in [9.17, 15) is 10.1 Å². The van der Waals surface area contributed by atoms with Gasteiger partial charge in [-0.05, 0) is 20.8 Å². The molecule has 7 heteroatoms. The van der Waals surface area contributed by atoms with Crippen molar-refractivity contribution in [3.05, 3.63) is 22.5 Å². The van der Waals surface area contributed by atoms with Crippen LogP contribution in [-0.4, -0.2) is 43.4 Å². The second kappa shape index (κ2) is 3.24. The summed E-state index contributed by atoms with van der Waals surface area (Å²) < 4.78 is 1.34. The van der Waals surface area contributed by atoms with Crippen molar-refractivity contribution < 1.29 is 4.92 Å². The molecule has 0 spiro atoms. The van der Waals surface area contributed by atoms with Crippen LogP contribution in [0.1, 0.15) is 20.8 Å². The highest BCUT2D eigenvalue weighted by molar-refractivity contribution is 4.97. The zero-order valence-electron chi connectivity index (χ0n) is 9.62. The van der Waals surface area contributed by atoms with E-state index in [1.54, 1.807) is 6.20 Å². The molecule has 0 saturated carbocycles. The van der Waals surface area contributed by atoms with Crippen LogP contribution >= 0.6 is 0 Å². The Morgan fingerprint density at radius 1 is 1.44 bits per heavy atom. The molecule has 1 aliphatic heterocycles. The third-order valence-electron chi connectivity index (χ3n) is 3.03. The Bertz CT molecular complexity index is 389. The van der Waals surface area contributed by atoms with E-state index in [1.807, 2.05) is 20.8 Å². The Balaban J connectivity index is 2.22. The molecule has 2 heterocycles.